The molecule has 0 fully saturated rings. The molecule has 3 rings (SSSR count). The van der Waals surface area contributed by atoms with Crippen molar-refractivity contribution in [2.45, 2.75) is 5.92 Å². The van der Waals surface area contributed by atoms with Gasteiger partial charge in [-0.25, -0.2) is 0 Å². The Morgan fingerprint density at radius 3 is 1.93 bits per heavy atom. The predicted molar refractivity (Wildman–Crippen MR) is 105 cm³/mol. The normalized spacial score (nSPS) is 12.4. The van der Waals surface area contributed by atoms with Crippen molar-refractivity contribution in [3.05, 3.63) is 107 Å². The Balaban J connectivity index is 2.17. The topological polar surface area (TPSA) is 73.1 Å². The van der Waals surface area contributed by atoms with Gasteiger partial charge in [0.05, 0.1) is 19.1 Å². The molecule has 28 heavy (non-hydrogen) atoms. The average Bonchev–Trinajstić information content (AvgIpc) is 2.78. The van der Waals surface area contributed by atoms with E-state index in [2.05, 4.69) is 6.07 Å². The highest BCUT2D eigenvalue weighted by Crippen LogP contribution is 2.32. The highest BCUT2D eigenvalue weighted by atomic mass is 16.5. The number of hydrogen-bond donors (Lipinski definition) is 0. The molecule has 4 nitrogen and oxygen atoms in total. The van der Waals surface area contributed by atoms with E-state index in [4.69, 9.17) is 4.74 Å². The summed E-state index contributed by atoms with van der Waals surface area (Å²) in [6, 6.07) is 26.0. The summed E-state index contributed by atoms with van der Waals surface area (Å²) in [5, 5.41) is 23.1. The van der Waals surface area contributed by atoms with Gasteiger partial charge in [-0.2, -0.15) is 5.26 Å². The fourth-order valence-corrected chi connectivity index (χ4v) is 2.96. The van der Waals surface area contributed by atoms with Gasteiger partial charge in [-0.3, -0.25) is 4.79 Å². The van der Waals surface area contributed by atoms with Crippen LogP contribution >= 0.6 is 0 Å². The Morgan fingerprint density at radius 1 is 0.893 bits per heavy atom. The summed E-state index contributed by atoms with van der Waals surface area (Å²) in [5.74, 6) is -1.26. The van der Waals surface area contributed by atoms with E-state index >= 15 is 0 Å². The number of ether oxygens (including phenoxy) is 1. The molecule has 0 aliphatic rings. The number of Topliss-reactive ketones (excluding diaryl/α,β-unsaturated/α-hetero) is 1. The quantitative estimate of drug-likeness (QED) is 0.375. The number of carbonyl (C=O) groups excluding carboxylic acids is 1. The highest BCUT2D eigenvalue weighted by molar-refractivity contribution is 6.13. The molecule has 0 aliphatic carbocycles. The Hall–Kier alpha value is -3.84. The van der Waals surface area contributed by atoms with Gasteiger partial charge in [-0.05, 0) is 23.3 Å². The maximum atomic E-state index is 13.2. The number of nitrogens with zero attached hydrogens (tertiary/aromatic N) is 1. The summed E-state index contributed by atoms with van der Waals surface area (Å²) in [6.07, 6.45) is 0. The van der Waals surface area contributed by atoms with Crippen LogP contribution in [-0.4, -0.2) is 12.9 Å². The number of rotatable bonds is 6. The third-order valence-electron chi connectivity index (χ3n) is 4.43. The van der Waals surface area contributed by atoms with Crippen LogP contribution in [0.3, 0.4) is 0 Å². The van der Waals surface area contributed by atoms with Gasteiger partial charge >= 0.3 is 0 Å². The zero-order chi connectivity index (χ0) is 19.9. The van der Waals surface area contributed by atoms with Gasteiger partial charge in [0, 0.05) is 11.1 Å². The van der Waals surface area contributed by atoms with E-state index in [1.54, 1.807) is 92.0 Å². The summed E-state index contributed by atoms with van der Waals surface area (Å²) in [6.45, 7) is 0. The van der Waals surface area contributed by atoms with Gasteiger partial charge in [0.15, 0.2) is 5.78 Å². The van der Waals surface area contributed by atoms with Crippen LogP contribution in [0.2, 0.25) is 0 Å². The van der Waals surface area contributed by atoms with E-state index in [-0.39, 0.29) is 5.57 Å². The van der Waals surface area contributed by atoms with Crippen LogP contribution in [0.25, 0.3) is 5.76 Å². The first-order valence-corrected chi connectivity index (χ1v) is 8.75. The second-order valence-electron chi connectivity index (χ2n) is 6.14. The molecule has 0 spiro atoms. The third kappa shape index (κ3) is 3.94. The molecule has 0 heterocycles. The maximum absolute atomic E-state index is 13.2. The summed E-state index contributed by atoms with van der Waals surface area (Å²) in [4.78, 5) is 13.2. The fourth-order valence-electron chi connectivity index (χ4n) is 2.96. The molecule has 4 heteroatoms. The summed E-state index contributed by atoms with van der Waals surface area (Å²) in [5.41, 5.74) is 1.24. The van der Waals surface area contributed by atoms with E-state index in [9.17, 15) is 15.2 Å². The van der Waals surface area contributed by atoms with E-state index in [1.807, 2.05) is 0 Å². The standard InChI is InChI=1S/C24H19NO3/c1-28-20-14-12-17(13-15-20)21(16-25)22(23(26)18-8-4-2-5-9-18)24(27)19-10-6-3-7-11-19/h2-15,21,26H,1H3/p-1/b23-22+. The molecule has 0 aromatic heterocycles. The van der Waals surface area contributed by atoms with Gasteiger partial charge in [0.2, 0.25) is 0 Å². The molecule has 0 radical (unpaired) electrons. The van der Waals surface area contributed by atoms with Crippen molar-refractivity contribution in [2.75, 3.05) is 7.11 Å². The molecule has 1 unspecified atom stereocenters. The predicted octanol–water partition coefficient (Wildman–Crippen LogP) is 3.96. The van der Waals surface area contributed by atoms with E-state index in [0.717, 1.165) is 0 Å². The number of methoxy groups -OCH3 is 1. The van der Waals surface area contributed by atoms with Gasteiger partial charge in [-0.1, -0.05) is 78.6 Å². The second-order valence-corrected chi connectivity index (χ2v) is 6.14. The average molecular weight is 368 g/mol. The number of nitriles is 1. The van der Waals surface area contributed by atoms with Crippen LogP contribution in [0, 0.1) is 11.3 Å². The third-order valence-corrected chi connectivity index (χ3v) is 4.43. The highest BCUT2D eigenvalue weighted by Gasteiger charge is 2.25. The minimum Gasteiger partial charge on any atom is -0.872 e. The fraction of sp³-hybridized carbons (Fsp3) is 0.0833. The zero-order valence-electron chi connectivity index (χ0n) is 15.3. The molecule has 1 atom stereocenters. The molecule has 0 aliphatic heterocycles. The molecule has 0 N–H and O–H groups in total. The molecule has 0 saturated heterocycles. The van der Waals surface area contributed by atoms with Crippen molar-refractivity contribution >= 4 is 11.5 Å². The molecule has 3 aromatic carbocycles. The van der Waals surface area contributed by atoms with Crippen molar-refractivity contribution in [3.8, 4) is 11.8 Å². The molecule has 0 bridgehead atoms. The lowest BCUT2D eigenvalue weighted by Crippen LogP contribution is -2.19. The van der Waals surface area contributed by atoms with Gasteiger partial charge < -0.3 is 9.84 Å². The number of ketones is 1. The zero-order valence-corrected chi connectivity index (χ0v) is 15.3. The van der Waals surface area contributed by atoms with Gasteiger partial charge in [-0.15, -0.1) is 0 Å². The lowest BCUT2D eigenvalue weighted by atomic mass is 9.85. The van der Waals surface area contributed by atoms with Crippen molar-refractivity contribution < 1.29 is 14.6 Å². The smallest absolute Gasteiger partial charge is 0.190 e. The summed E-state index contributed by atoms with van der Waals surface area (Å²) in [7, 11) is 1.55. The van der Waals surface area contributed by atoms with Gasteiger partial charge in [0.1, 0.15) is 5.75 Å². The van der Waals surface area contributed by atoms with Crippen molar-refractivity contribution in [1.29, 1.82) is 5.26 Å². The van der Waals surface area contributed by atoms with Gasteiger partial charge in [0.25, 0.3) is 0 Å². The first-order chi connectivity index (χ1) is 13.7. The molecular weight excluding hydrogens is 350 g/mol. The van der Waals surface area contributed by atoms with E-state index in [0.29, 0.717) is 22.4 Å². The van der Waals surface area contributed by atoms with Crippen LogP contribution in [0.15, 0.2) is 90.5 Å². The summed E-state index contributed by atoms with van der Waals surface area (Å²) >= 11 is 0. The summed E-state index contributed by atoms with van der Waals surface area (Å²) < 4.78 is 5.15. The van der Waals surface area contributed by atoms with Crippen molar-refractivity contribution in [2.24, 2.45) is 0 Å². The van der Waals surface area contributed by atoms with Crippen LogP contribution in [-0.2, 0) is 0 Å². The SMILES string of the molecule is COc1ccc(C(C#N)/C(C(=O)c2ccccc2)=C(\[O-])c2ccccc2)cc1. The Kier molecular flexibility index (Phi) is 5.88. The molecule has 0 saturated carbocycles. The van der Waals surface area contributed by atoms with Crippen LogP contribution in [0.5, 0.6) is 5.75 Å². The Labute approximate surface area is 164 Å². The second kappa shape index (κ2) is 8.70. The molecule has 138 valence electrons. The Bertz CT molecular complexity index is 1020. The molecular formula is C24H18NO3-. The monoisotopic (exact) mass is 368 g/mol. The Morgan fingerprint density at radius 2 is 1.43 bits per heavy atom. The van der Waals surface area contributed by atoms with Crippen LogP contribution < -0.4 is 9.84 Å². The van der Waals surface area contributed by atoms with Crippen molar-refractivity contribution in [3.63, 3.8) is 0 Å². The number of allylic oxidation sites excluding steroid dienone is 1. The molecule has 3 aromatic rings. The minimum absolute atomic E-state index is 0.0648. The lowest BCUT2D eigenvalue weighted by molar-refractivity contribution is -0.244. The van der Waals surface area contributed by atoms with Crippen molar-refractivity contribution in [1.82, 2.24) is 0 Å². The van der Waals surface area contributed by atoms with E-state index < -0.39 is 17.5 Å². The number of benzene rings is 3. The van der Waals surface area contributed by atoms with Crippen LogP contribution in [0.4, 0.5) is 0 Å². The first kappa shape index (κ1) is 18.9. The maximum Gasteiger partial charge on any atom is 0.190 e. The number of hydrogen-bond acceptors (Lipinski definition) is 4. The largest absolute Gasteiger partial charge is 0.872 e. The van der Waals surface area contributed by atoms with E-state index in [1.165, 1.54) is 0 Å². The number of carbonyl (C=O) groups is 1. The first-order valence-electron chi connectivity index (χ1n) is 8.75. The molecule has 0 amide bonds. The minimum atomic E-state index is -0.994. The lowest BCUT2D eigenvalue weighted by Gasteiger charge is -2.23. The van der Waals surface area contributed by atoms with Crippen LogP contribution in [0.1, 0.15) is 27.4 Å².